The van der Waals surface area contributed by atoms with Crippen molar-refractivity contribution in [3.8, 4) is 11.5 Å². The molecule has 2 atom stereocenters. The second-order valence-corrected chi connectivity index (χ2v) is 6.42. The summed E-state index contributed by atoms with van der Waals surface area (Å²) in [5.74, 6) is -0.642. The minimum absolute atomic E-state index is 0.109. The van der Waals surface area contributed by atoms with Gasteiger partial charge in [0.25, 0.3) is 5.91 Å². The summed E-state index contributed by atoms with van der Waals surface area (Å²) in [5, 5.41) is 4.40. The number of oxime groups is 1. The molecule has 7 nitrogen and oxygen atoms in total. The fourth-order valence-corrected chi connectivity index (χ4v) is 3.58. The van der Waals surface area contributed by atoms with Crippen LogP contribution in [-0.2, 0) is 14.4 Å². The summed E-state index contributed by atoms with van der Waals surface area (Å²) in [5.41, 5.74) is 1.35. The van der Waals surface area contributed by atoms with E-state index in [1.165, 1.54) is 0 Å². The molecule has 130 valence electrons. The molecule has 0 N–H and O–H groups in total. The van der Waals surface area contributed by atoms with Crippen molar-refractivity contribution in [2.24, 2.45) is 11.1 Å². The Balaban J connectivity index is 1.53. The molecule has 26 heavy (non-hydrogen) atoms. The zero-order valence-electron chi connectivity index (χ0n) is 13.2. The van der Waals surface area contributed by atoms with E-state index in [-0.39, 0.29) is 6.79 Å². The summed E-state index contributed by atoms with van der Waals surface area (Å²) < 4.78 is 10.6. The zero-order chi connectivity index (χ0) is 17.8. The van der Waals surface area contributed by atoms with Crippen molar-refractivity contribution in [3.05, 3.63) is 53.1 Å². The van der Waals surface area contributed by atoms with Gasteiger partial charge in [-0.1, -0.05) is 35.0 Å². The molecule has 3 aliphatic heterocycles. The third-order valence-corrected chi connectivity index (χ3v) is 4.91. The van der Waals surface area contributed by atoms with Crippen molar-refractivity contribution in [3.63, 3.8) is 0 Å². The molecule has 3 heterocycles. The number of hydrogen-bond acceptors (Lipinski definition) is 6. The molecule has 0 saturated carbocycles. The van der Waals surface area contributed by atoms with Gasteiger partial charge in [-0.3, -0.25) is 9.59 Å². The number of hydrogen-bond donors (Lipinski definition) is 0. The number of nitrogens with zero attached hydrogens (tertiary/aromatic N) is 2. The molecule has 0 aromatic heterocycles. The van der Waals surface area contributed by atoms with E-state index in [0.717, 1.165) is 4.90 Å². The molecule has 5 rings (SSSR count). The van der Waals surface area contributed by atoms with Crippen LogP contribution in [0.25, 0.3) is 0 Å². The van der Waals surface area contributed by atoms with Crippen LogP contribution in [0, 0.1) is 5.92 Å². The summed E-state index contributed by atoms with van der Waals surface area (Å²) in [7, 11) is 0. The van der Waals surface area contributed by atoms with Gasteiger partial charge in [0.2, 0.25) is 18.8 Å². The average Bonchev–Trinajstić information content (AvgIpc) is 3.33. The maximum Gasteiger partial charge on any atom is 0.278 e. The number of ether oxygens (including phenoxy) is 2. The fraction of sp³-hybridized carbons (Fsp3) is 0.167. The van der Waals surface area contributed by atoms with E-state index >= 15 is 0 Å². The smallest absolute Gasteiger partial charge is 0.278 e. The van der Waals surface area contributed by atoms with Crippen molar-refractivity contribution in [1.82, 2.24) is 0 Å². The quantitative estimate of drug-likeness (QED) is 0.758. The summed E-state index contributed by atoms with van der Waals surface area (Å²) in [6, 6.07) is 11.9. The summed E-state index contributed by atoms with van der Waals surface area (Å²) in [6.07, 6.45) is -0.987. The first kappa shape index (κ1) is 15.2. The summed E-state index contributed by atoms with van der Waals surface area (Å²) in [6.45, 7) is 0.109. The molecule has 0 spiro atoms. The van der Waals surface area contributed by atoms with Crippen LogP contribution in [0.2, 0.25) is 5.02 Å². The number of amides is 2. The molecular formula is C18H11ClN2O5. The number of imide groups is 1. The number of halogens is 1. The summed E-state index contributed by atoms with van der Waals surface area (Å²) >= 11 is 6.22. The SMILES string of the molecule is O=C1[C@H]2C(c3ccccc3Cl)=NO[C@H]2C(=O)N1c1ccc2c(c1)OCO2. The van der Waals surface area contributed by atoms with Crippen molar-refractivity contribution in [1.29, 1.82) is 0 Å². The predicted molar refractivity (Wildman–Crippen MR) is 91.4 cm³/mol. The van der Waals surface area contributed by atoms with Crippen LogP contribution in [0.4, 0.5) is 5.69 Å². The number of fused-ring (bicyclic) bond motifs is 2. The standard InChI is InChI=1S/C18H11ClN2O5/c19-11-4-2-1-3-10(11)15-14-16(26-20-15)18(23)21(17(14)22)9-5-6-12-13(7-9)25-8-24-12/h1-7,14,16H,8H2/t14-,16+/m0/s1. The number of benzene rings is 2. The Kier molecular flexibility index (Phi) is 3.20. The highest BCUT2D eigenvalue weighted by molar-refractivity contribution is 6.38. The molecule has 2 aromatic rings. The average molecular weight is 371 g/mol. The Morgan fingerprint density at radius 2 is 1.85 bits per heavy atom. The van der Waals surface area contributed by atoms with Crippen molar-refractivity contribution >= 4 is 34.8 Å². The lowest BCUT2D eigenvalue weighted by atomic mass is 9.94. The zero-order valence-corrected chi connectivity index (χ0v) is 14.0. The number of anilines is 1. The normalized spacial score (nSPS) is 23.1. The van der Waals surface area contributed by atoms with Gasteiger partial charge in [-0.05, 0) is 18.2 Å². The van der Waals surface area contributed by atoms with Gasteiger partial charge in [0.15, 0.2) is 11.5 Å². The summed E-state index contributed by atoms with van der Waals surface area (Å²) in [4.78, 5) is 32.2. The molecule has 1 fully saturated rings. The van der Waals surface area contributed by atoms with E-state index in [9.17, 15) is 9.59 Å². The lowest BCUT2D eigenvalue weighted by Crippen LogP contribution is -2.33. The highest BCUT2D eigenvalue weighted by Gasteiger charge is 2.56. The Hall–Kier alpha value is -3.06. The number of carbonyl (C=O) groups excluding carboxylic acids is 2. The van der Waals surface area contributed by atoms with Crippen LogP contribution in [0.5, 0.6) is 11.5 Å². The van der Waals surface area contributed by atoms with E-state index < -0.39 is 23.8 Å². The molecule has 1 saturated heterocycles. The third-order valence-electron chi connectivity index (χ3n) is 4.58. The van der Waals surface area contributed by atoms with E-state index in [1.54, 1.807) is 42.5 Å². The molecule has 0 aliphatic carbocycles. The van der Waals surface area contributed by atoms with E-state index in [1.807, 2.05) is 0 Å². The molecular weight excluding hydrogens is 360 g/mol. The molecule has 2 amide bonds. The van der Waals surface area contributed by atoms with Gasteiger partial charge < -0.3 is 14.3 Å². The molecule has 0 radical (unpaired) electrons. The predicted octanol–water partition coefficient (Wildman–Crippen LogP) is 2.36. The minimum atomic E-state index is -0.987. The molecule has 0 bridgehead atoms. The van der Waals surface area contributed by atoms with Crippen LogP contribution in [-0.4, -0.2) is 30.4 Å². The molecule has 2 aromatic carbocycles. The van der Waals surface area contributed by atoms with Crippen LogP contribution in [0.3, 0.4) is 0 Å². The van der Waals surface area contributed by atoms with Gasteiger partial charge in [-0.25, -0.2) is 4.90 Å². The van der Waals surface area contributed by atoms with Crippen molar-refractivity contribution < 1.29 is 23.9 Å². The first-order chi connectivity index (χ1) is 12.6. The van der Waals surface area contributed by atoms with Crippen molar-refractivity contribution in [2.75, 3.05) is 11.7 Å². The number of carbonyl (C=O) groups is 2. The van der Waals surface area contributed by atoms with Crippen LogP contribution in [0.1, 0.15) is 5.56 Å². The highest BCUT2D eigenvalue weighted by atomic mass is 35.5. The maximum absolute atomic E-state index is 13.0. The van der Waals surface area contributed by atoms with E-state index in [0.29, 0.717) is 33.5 Å². The Labute approximate surface area is 152 Å². The monoisotopic (exact) mass is 370 g/mol. The van der Waals surface area contributed by atoms with Crippen LogP contribution in [0.15, 0.2) is 47.6 Å². The largest absolute Gasteiger partial charge is 0.454 e. The second kappa shape index (κ2) is 5.47. The second-order valence-electron chi connectivity index (χ2n) is 6.01. The molecule has 0 unspecified atom stereocenters. The Morgan fingerprint density at radius 1 is 1.04 bits per heavy atom. The first-order valence-corrected chi connectivity index (χ1v) is 8.29. The Morgan fingerprint density at radius 3 is 2.69 bits per heavy atom. The van der Waals surface area contributed by atoms with Gasteiger partial charge >= 0.3 is 0 Å². The molecule has 3 aliphatic rings. The van der Waals surface area contributed by atoms with Gasteiger partial charge in [-0.2, -0.15) is 0 Å². The molecule has 8 heteroatoms. The maximum atomic E-state index is 13.0. The number of rotatable bonds is 2. The van der Waals surface area contributed by atoms with Crippen LogP contribution < -0.4 is 14.4 Å². The highest BCUT2D eigenvalue weighted by Crippen LogP contribution is 2.40. The lowest BCUT2D eigenvalue weighted by Gasteiger charge is -2.16. The van der Waals surface area contributed by atoms with E-state index in [4.69, 9.17) is 25.9 Å². The van der Waals surface area contributed by atoms with Gasteiger partial charge in [0.05, 0.1) is 5.69 Å². The topological polar surface area (TPSA) is 77.4 Å². The fourth-order valence-electron chi connectivity index (χ4n) is 3.35. The first-order valence-electron chi connectivity index (χ1n) is 7.91. The van der Waals surface area contributed by atoms with Gasteiger partial charge in [0.1, 0.15) is 11.6 Å². The lowest BCUT2D eigenvalue weighted by molar-refractivity contribution is -0.126. The van der Waals surface area contributed by atoms with Gasteiger partial charge in [0, 0.05) is 16.7 Å². The van der Waals surface area contributed by atoms with E-state index in [2.05, 4.69) is 5.16 Å². The Bertz CT molecular complexity index is 989. The van der Waals surface area contributed by atoms with Gasteiger partial charge in [-0.15, -0.1) is 0 Å². The third kappa shape index (κ3) is 2.04. The van der Waals surface area contributed by atoms with Crippen LogP contribution >= 0.6 is 11.6 Å². The van der Waals surface area contributed by atoms with Crippen molar-refractivity contribution in [2.45, 2.75) is 6.10 Å². The minimum Gasteiger partial charge on any atom is -0.454 e.